The maximum absolute atomic E-state index is 12.6. The summed E-state index contributed by atoms with van der Waals surface area (Å²) < 4.78 is 27.9. The number of hydrogen-bond acceptors (Lipinski definition) is 3. The third kappa shape index (κ3) is 3.16. The van der Waals surface area contributed by atoms with Gasteiger partial charge in [-0.25, -0.2) is 13.1 Å². The van der Waals surface area contributed by atoms with Crippen LogP contribution in [-0.2, 0) is 10.0 Å². The van der Waals surface area contributed by atoms with Crippen molar-refractivity contribution in [3.8, 4) is 0 Å². The van der Waals surface area contributed by atoms with Crippen LogP contribution in [0.1, 0.15) is 13.3 Å². The van der Waals surface area contributed by atoms with Gasteiger partial charge in [-0.1, -0.05) is 49.4 Å². The molecule has 5 heteroatoms. The Kier molecular flexibility index (Phi) is 4.50. The largest absolute Gasteiger partial charge is 0.336 e. The summed E-state index contributed by atoms with van der Waals surface area (Å²) in [5, 5.41) is 0. The minimum Gasteiger partial charge on any atom is -0.336 e. The first kappa shape index (κ1) is 15.8. The quantitative estimate of drug-likeness (QED) is 0.903. The summed E-state index contributed by atoms with van der Waals surface area (Å²) in [6.45, 7) is 2.38. The van der Waals surface area contributed by atoms with E-state index in [2.05, 4.69) is 10.8 Å². The summed E-state index contributed by atoms with van der Waals surface area (Å²) in [6, 6.07) is 7.14. The van der Waals surface area contributed by atoms with E-state index >= 15 is 0 Å². The normalized spacial score (nSPS) is 19.6. The van der Waals surface area contributed by atoms with E-state index in [1.165, 1.54) is 0 Å². The minimum absolute atomic E-state index is 0.0209. The zero-order valence-corrected chi connectivity index (χ0v) is 13.8. The summed E-state index contributed by atoms with van der Waals surface area (Å²) in [6.07, 6.45) is 14.8. The summed E-state index contributed by atoms with van der Waals surface area (Å²) in [4.78, 5) is 2.30. The molecule has 0 spiro atoms. The molecule has 1 aliphatic carbocycles. The van der Waals surface area contributed by atoms with Crippen molar-refractivity contribution in [3.63, 3.8) is 0 Å². The molecule has 0 radical (unpaired) electrons. The zero-order valence-electron chi connectivity index (χ0n) is 13.0. The highest BCUT2D eigenvalue weighted by Gasteiger charge is 2.26. The third-order valence-electron chi connectivity index (χ3n) is 3.84. The van der Waals surface area contributed by atoms with Gasteiger partial charge in [0.05, 0.1) is 11.7 Å². The standard InChI is InChI=1S/C18H20N2O2S/c1-2-13-19-23(21,22)18-12-6-5-11-17(18)20-14-7-9-15-8-3-4-10-16(15)20/h3-12,14,16,19H,2,13H2,1H3. The first-order chi connectivity index (χ1) is 11.1. The van der Waals surface area contributed by atoms with Crippen LogP contribution in [0.2, 0.25) is 0 Å². The molecule has 1 aromatic rings. The topological polar surface area (TPSA) is 49.4 Å². The van der Waals surface area contributed by atoms with Gasteiger partial charge in [-0.05, 0) is 30.2 Å². The van der Waals surface area contributed by atoms with Crippen molar-refractivity contribution in [1.29, 1.82) is 0 Å². The van der Waals surface area contributed by atoms with Gasteiger partial charge in [-0.3, -0.25) is 0 Å². The fraction of sp³-hybridized carbons (Fsp3) is 0.222. The minimum atomic E-state index is -3.53. The van der Waals surface area contributed by atoms with Gasteiger partial charge in [-0.2, -0.15) is 0 Å². The van der Waals surface area contributed by atoms with Crippen molar-refractivity contribution in [2.75, 3.05) is 11.4 Å². The van der Waals surface area contributed by atoms with Gasteiger partial charge in [0.25, 0.3) is 0 Å². The number of para-hydroxylation sites is 1. The summed E-state index contributed by atoms with van der Waals surface area (Å²) in [7, 11) is -3.53. The number of hydrogen-bond donors (Lipinski definition) is 1. The predicted octanol–water partition coefficient (Wildman–Crippen LogP) is 3.13. The van der Waals surface area contributed by atoms with E-state index < -0.39 is 10.0 Å². The molecule has 120 valence electrons. The Morgan fingerprint density at radius 1 is 1.17 bits per heavy atom. The van der Waals surface area contributed by atoms with Crippen LogP contribution in [0.4, 0.5) is 5.69 Å². The Morgan fingerprint density at radius 3 is 2.83 bits per heavy atom. The van der Waals surface area contributed by atoms with E-state index in [1.54, 1.807) is 12.1 Å². The van der Waals surface area contributed by atoms with Gasteiger partial charge >= 0.3 is 0 Å². The summed E-state index contributed by atoms with van der Waals surface area (Å²) in [5.41, 5.74) is 1.83. The van der Waals surface area contributed by atoms with Crippen molar-refractivity contribution in [2.24, 2.45) is 0 Å². The molecule has 1 N–H and O–H groups in total. The number of benzene rings is 1. The van der Waals surface area contributed by atoms with E-state index in [9.17, 15) is 8.42 Å². The summed E-state index contributed by atoms with van der Waals surface area (Å²) in [5.74, 6) is 0. The fourth-order valence-corrected chi connectivity index (χ4v) is 4.07. The van der Waals surface area contributed by atoms with E-state index in [0.29, 0.717) is 17.1 Å². The second-order valence-electron chi connectivity index (χ2n) is 5.47. The predicted molar refractivity (Wildman–Crippen MR) is 93.7 cm³/mol. The molecule has 0 amide bonds. The highest BCUT2D eigenvalue weighted by Crippen LogP contribution is 2.32. The van der Waals surface area contributed by atoms with E-state index in [4.69, 9.17) is 0 Å². The lowest BCUT2D eigenvalue weighted by Gasteiger charge is -2.34. The van der Waals surface area contributed by atoms with E-state index in [-0.39, 0.29) is 6.04 Å². The molecule has 3 rings (SSSR count). The number of allylic oxidation sites excluding steroid dienone is 4. The van der Waals surface area contributed by atoms with Crippen molar-refractivity contribution in [3.05, 3.63) is 72.5 Å². The Labute approximate surface area is 137 Å². The lowest BCUT2D eigenvalue weighted by atomic mass is 9.97. The summed E-state index contributed by atoms with van der Waals surface area (Å²) >= 11 is 0. The molecule has 0 saturated carbocycles. The SMILES string of the molecule is CCCNS(=O)(=O)c1ccccc1N1C=CC=C2C=CC=CC21. The smallest absolute Gasteiger partial charge is 0.242 e. The first-order valence-electron chi connectivity index (χ1n) is 7.74. The number of sulfonamides is 1. The van der Waals surface area contributed by atoms with Crippen LogP contribution in [0.15, 0.2) is 77.4 Å². The van der Waals surface area contributed by atoms with Crippen molar-refractivity contribution in [2.45, 2.75) is 24.3 Å². The van der Waals surface area contributed by atoms with Crippen LogP contribution < -0.4 is 9.62 Å². The van der Waals surface area contributed by atoms with E-state index in [0.717, 1.165) is 12.0 Å². The Hall–Kier alpha value is -2.11. The molecule has 4 nitrogen and oxygen atoms in total. The monoisotopic (exact) mass is 328 g/mol. The highest BCUT2D eigenvalue weighted by molar-refractivity contribution is 7.89. The number of anilines is 1. The molecule has 1 heterocycles. The second kappa shape index (κ2) is 6.56. The average molecular weight is 328 g/mol. The Balaban J connectivity index is 2.02. The fourth-order valence-electron chi connectivity index (χ4n) is 2.73. The van der Waals surface area contributed by atoms with Crippen LogP contribution in [-0.4, -0.2) is 21.0 Å². The molecule has 0 fully saturated rings. The number of fused-ring (bicyclic) bond motifs is 1. The molecular formula is C18H20N2O2S. The molecule has 1 aliphatic heterocycles. The average Bonchev–Trinajstić information content (AvgIpc) is 2.59. The van der Waals surface area contributed by atoms with Crippen molar-refractivity contribution < 1.29 is 8.42 Å². The van der Waals surface area contributed by atoms with Crippen LogP contribution in [0.5, 0.6) is 0 Å². The zero-order chi connectivity index (χ0) is 16.3. The highest BCUT2D eigenvalue weighted by atomic mass is 32.2. The van der Waals surface area contributed by atoms with Crippen LogP contribution >= 0.6 is 0 Å². The molecule has 1 atom stereocenters. The van der Waals surface area contributed by atoms with Crippen molar-refractivity contribution >= 4 is 15.7 Å². The molecule has 1 unspecified atom stereocenters. The maximum Gasteiger partial charge on any atom is 0.242 e. The number of nitrogens with zero attached hydrogens (tertiary/aromatic N) is 1. The molecule has 2 aliphatic rings. The first-order valence-corrected chi connectivity index (χ1v) is 9.22. The number of nitrogens with one attached hydrogen (secondary N) is 1. The third-order valence-corrected chi connectivity index (χ3v) is 5.35. The molecule has 0 bridgehead atoms. The Morgan fingerprint density at radius 2 is 2.00 bits per heavy atom. The van der Waals surface area contributed by atoms with Gasteiger partial charge < -0.3 is 4.90 Å². The second-order valence-corrected chi connectivity index (χ2v) is 7.21. The maximum atomic E-state index is 12.6. The van der Waals surface area contributed by atoms with Gasteiger partial charge in [0, 0.05) is 12.7 Å². The lowest BCUT2D eigenvalue weighted by Crippen LogP contribution is -2.35. The lowest BCUT2D eigenvalue weighted by molar-refractivity contribution is 0.580. The molecule has 23 heavy (non-hydrogen) atoms. The molecule has 1 aromatic carbocycles. The Bertz CT molecular complexity index is 804. The molecule has 0 aromatic heterocycles. The number of rotatable bonds is 5. The van der Waals surface area contributed by atoms with Gasteiger partial charge in [0.2, 0.25) is 10.0 Å². The molecular weight excluding hydrogens is 308 g/mol. The van der Waals surface area contributed by atoms with Crippen LogP contribution in [0.25, 0.3) is 0 Å². The van der Waals surface area contributed by atoms with Gasteiger partial charge in [0.15, 0.2) is 0 Å². The molecule has 0 saturated heterocycles. The van der Waals surface area contributed by atoms with Gasteiger partial charge in [0.1, 0.15) is 4.90 Å². The van der Waals surface area contributed by atoms with E-state index in [1.807, 2.05) is 60.5 Å². The van der Waals surface area contributed by atoms with Gasteiger partial charge in [-0.15, -0.1) is 0 Å². The van der Waals surface area contributed by atoms with Crippen LogP contribution in [0.3, 0.4) is 0 Å². The van der Waals surface area contributed by atoms with Crippen molar-refractivity contribution in [1.82, 2.24) is 4.72 Å². The van der Waals surface area contributed by atoms with Crippen LogP contribution in [0, 0.1) is 0 Å².